The number of non-ortho nitro benzene ring substituents is 2. The Balaban J connectivity index is 1.38. The molecule has 2 saturated heterocycles. The Morgan fingerprint density at radius 2 is 1.53 bits per heavy atom. The lowest BCUT2D eigenvalue weighted by Crippen LogP contribution is -2.36. The third-order valence-electron chi connectivity index (χ3n) is 5.15. The third-order valence-corrected chi connectivity index (χ3v) is 5.15. The van der Waals surface area contributed by atoms with E-state index in [0.717, 1.165) is 23.8 Å². The Morgan fingerprint density at radius 1 is 0.967 bits per heavy atom. The topological polar surface area (TPSA) is 136 Å². The number of nitrogens with zero attached hydrogens (tertiary/aromatic N) is 4. The molecule has 2 heterocycles. The molecule has 30 heavy (non-hydrogen) atoms. The highest BCUT2D eigenvalue weighted by atomic mass is 16.6. The average Bonchev–Trinajstić information content (AvgIpc) is 3.24. The van der Waals surface area contributed by atoms with Crippen LogP contribution in [0.15, 0.2) is 48.5 Å². The Hall–Kier alpha value is -4.02. The molecule has 0 bridgehead atoms. The second-order valence-electron chi connectivity index (χ2n) is 7.04. The lowest BCUT2D eigenvalue weighted by molar-refractivity contribution is -0.394. The molecule has 0 aliphatic carbocycles. The first kappa shape index (κ1) is 19.3. The summed E-state index contributed by atoms with van der Waals surface area (Å²) in [6.45, 7) is 0.702. The molecule has 11 nitrogen and oxygen atoms in total. The van der Waals surface area contributed by atoms with Crippen LogP contribution in [0, 0.1) is 20.2 Å². The van der Waals surface area contributed by atoms with Crippen LogP contribution in [0.1, 0.15) is 15.9 Å². The minimum Gasteiger partial charge on any atom is -0.445 e. The van der Waals surface area contributed by atoms with Gasteiger partial charge in [-0.25, -0.2) is 4.79 Å². The van der Waals surface area contributed by atoms with Crippen LogP contribution in [0.3, 0.4) is 0 Å². The number of ether oxygens (including phenoxy) is 1. The zero-order valence-electron chi connectivity index (χ0n) is 15.5. The maximum atomic E-state index is 12.7. The second-order valence-corrected chi connectivity index (χ2v) is 7.04. The lowest BCUT2D eigenvalue weighted by atomic mass is 10.1. The first-order valence-electron chi connectivity index (χ1n) is 9.07. The number of nitro groups is 2. The molecule has 4 rings (SSSR count). The molecule has 0 radical (unpaired) electrons. The van der Waals surface area contributed by atoms with Gasteiger partial charge in [-0.1, -0.05) is 30.3 Å². The number of likely N-dealkylation sites (tertiary alicyclic amines) is 1. The highest BCUT2D eigenvalue weighted by molar-refractivity contribution is 5.98. The Morgan fingerprint density at radius 3 is 2.07 bits per heavy atom. The van der Waals surface area contributed by atoms with E-state index in [9.17, 15) is 29.8 Å². The van der Waals surface area contributed by atoms with Crippen molar-refractivity contribution in [1.29, 1.82) is 0 Å². The minimum absolute atomic E-state index is 0.122. The van der Waals surface area contributed by atoms with E-state index in [-0.39, 0.29) is 37.3 Å². The Kier molecular flexibility index (Phi) is 4.78. The Labute approximate surface area is 169 Å². The van der Waals surface area contributed by atoms with Gasteiger partial charge in [0.1, 0.15) is 6.61 Å². The normalized spacial score (nSPS) is 19.2. The van der Waals surface area contributed by atoms with Crippen LogP contribution < -0.4 is 0 Å². The summed E-state index contributed by atoms with van der Waals surface area (Å²) in [7, 11) is 0. The van der Waals surface area contributed by atoms with Crippen molar-refractivity contribution in [3.05, 3.63) is 79.9 Å². The molecule has 2 fully saturated rings. The van der Waals surface area contributed by atoms with Gasteiger partial charge in [-0.2, -0.15) is 0 Å². The fourth-order valence-corrected chi connectivity index (χ4v) is 3.62. The summed E-state index contributed by atoms with van der Waals surface area (Å²) >= 11 is 0. The molecule has 11 heteroatoms. The van der Waals surface area contributed by atoms with Gasteiger partial charge in [-0.05, 0) is 5.56 Å². The summed E-state index contributed by atoms with van der Waals surface area (Å²) in [5.41, 5.74) is -0.306. The molecule has 2 aromatic carbocycles. The number of piperazine rings is 1. The summed E-state index contributed by atoms with van der Waals surface area (Å²) in [4.78, 5) is 48.4. The number of nitro benzene ring substituents is 2. The quantitative estimate of drug-likeness (QED) is 0.418. The molecule has 0 saturated carbocycles. The van der Waals surface area contributed by atoms with Crippen molar-refractivity contribution >= 4 is 23.4 Å². The summed E-state index contributed by atoms with van der Waals surface area (Å²) in [6.07, 6.45) is -0.482. The third kappa shape index (κ3) is 3.64. The number of rotatable bonds is 5. The molecule has 2 aliphatic rings. The fourth-order valence-electron chi connectivity index (χ4n) is 3.62. The number of fused-ring (bicyclic) bond motifs is 1. The van der Waals surface area contributed by atoms with Crippen LogP contribution in [0.4, 0.5) is 16.2 Å². The van der Waals surface area contributed by atoms with Crippen molar-refractivity contribution in [1.82, 2.24) is 9.80 Å². The van der Waals surface area contributed by atoms with Crippen LogP contribution >= 0.6 is 0 Å². The van der Waals surface area contributed by atoms with Crippen LogP contribution in [-0.2, 0) is 11.3 Å². The number of hydrogen-bond acceptors (Lipinski definition) is 7. The van der Waals surface area contributed by atoms with Gasteiger partial charge in [0.15, 0.2) is 0 Å². The highest BCUT2D eigenvalue weighted by Gasteiger charge is 2.58. The number of benzene rings is 2. The van der Waals surface area contributed by atoms with Crippen LogP contribution in [-0.4, -0.2) is 56.8 Å². The van der Waals surface area contributed by atoms with Crippen molar-refractivity contribution in [3.8, 4) is 0 Å². The Bertz CT molecular complexity index is 998. The van der Waals surface area contributed by atoms with Gasteiger partial charge in [0.25, 0.3) is 17.3 Å². The second kappa shape index (κ2) is 7.43. The number of amides is 2. The van der Waals surface area contributed by atoms with Crippen molar-refractivity contribution in [3.63, 3.8) is 0 Å². The summed E-state index contributed by atoms with van der Waals surface area (Å²) < 4.78 is 5.28. The van der Waals surface area contributed by atoms with E-state index in [1.807, 2.05) is 30.3 Å². The highest BCUT2D eigenvalue weighted by Crippen LogP contribution is 2.38. The fraction of sp³-hybridized carbons (Fsp3) is 0.263. The van der Waals surface area contributed by atoms with Gasteiger partial charge in [-0.15, -0.1) is 0 Å². The molecular weight excluding hydrogens is 396 g/mol. The standard InChI is InChI=1S/C19H16N4O7/c24-18(13-6-14(22(26)27)8-15(7-13)23(28)29)21-16-9-20(10-17(16)21)19(25)30-11-12-4-2-1-3-5-12/h1-8,16-17H,9-11H2/t16-,17+,21?. The first-order chi connectivity index (χ1) is 14.3. The lowest BCUT2D eigenvalue weighted by Gasteiger charge is -2.20. The van der Waals surface area contributed by atoms with E-state index in [1.165, 1.54) is 9.80 Å². The minimum atomic E-state index is -0.780. The maximum Gasteiger partial charge on any atom is 0.410 e. The van der Waals surface area contributed by atoms with E-state index in [2.05, 4.69) is 0 Å². The van der Waals surface area contributed by atoms with Crippen molar-refractivity contribution in [2.75, 3.05) is 13.1 Å². The molecule has 0 aromatic heterocycles. The average molecular weight is 412 g/mol. The predicted octanol–water partition coefficient (Wildman–Crippen LogP) is 2.35. The predicted molar refractivity (Wildman–Crippen MR) is 102 cm³/mol. The summed E-state index contributed by atoms with van der Waals surface area (Å²) in [6, 6.07) is 11.6. The van der Waals surface area contributed by atoms with Crippen molar-refractivity contribution < 1.29 is 24.2 Å². The molecule has 0 unspecified atom stereocenters. The maximum absolute atomic E-state index is 12.7. The zero-order chi connectivity index (χ0) is 21.4. The van der Waals surface area contributed by atoms with Crippen LogP contribution in [0.5, 0.6) is 0 Å². The van der Waals surface area contributed by atoms with Crippen LogP contribution in [0.2, 0.25) is 0 Å². The molecule has 0 N–H and O–H groups in total. The van der Waals surface area contributed by atoms with E-state index >= 15 is 0 Å². The number of carbonyl (C=O) groups is 2. The zero-order valence-corrected chi connectivity index (χ0v) is 15.5. The molecule has 2 amide bonds. The van der Waals surface area contributed by atoms with E-state index < -0.39 is 33.2 Å². The molecule has 2 atom stereocenters. The smallest absolute Gasteiger partial charge is 0.410 e. The molecule has 0 spiro atoms. The van der Waals surface area contributed by atoms with Gasteiger partial charge in [0.2, 0.25) is 0 Å². The van der Waals surface area contributed by atoms with Gasteiger partial charge in [0.05, 0.1) is 33.6 Å². The SMILES string of the molecule is O=C(OCc1ccccc1)N1C[C@@H]2[C@H](C1)N2C(=O)c1cc([N+](=O)[O-])cc([N+](=O)[O-])c1. The van der Waals surface area contributed by atoms with Crippen molar-refractivity contribution in [2.24, 2.45) is 0 Å². The monoisotopic (exact) mass is 412 g/mol. The van der Waals surface area contributed by atoms with E-state index in [4.69, 9.17) is 4.74 Å². The number of carbonyl (C=O) groups excluding carboxylic acids is 2. The first-order valence-corrected chi connectivity index (χ1v) is 9.07. The van der Waals surface area contributed by atoms with Gasteiger partial charge >= 0.3 is 6.09 Å². The van der Waals surface area contributed by atoms with Gasteiger partial charge in [-0.3, -0.25) is 25.0 Å². The molecule has 2 aliphatic heterocycles. The van der Waals surface area contributed by atoms with Gasteiger partial charge < -0.3 is 14.5 Å². The van der Waals surface area contributed by atoms with E-state index in [1.54, 1.807) is 0 Å². The number of hydrogen-bond donors (Lipinski definition) is 0. The largest absolute Gasteiger partial charge is 0.445 e. The summed E-state index contributed by atoms with van der Waals surface area (Å²) in [5, 5.41) is 22.0. The molecule has 2 aromatic rings. The molecule has 154 valence electrons. The van der Waals surface area contributed by atoms with Crippen LogP contribution in [0.25, 0.3) is 0 Å². The van der Waals surface area contributed by atoms with E-state index in [0.29, 0.717) is 0 Å². The summed E-state index contributed by atoms with van der Waals surface area (Å²) in [5.74, 6) is -0.533. The molecular formula is C19H16N4O7. The van der Waals surface area contributed by atoms with Gasteiger partial charge in [0, 0.05) is 25.2 Å². The van der Waals surface area contributed by atoms with Crippen molar-refractivity contribution in [2.45, 2.75) is 18.7 Å².